The van der Waals surface area contributed by atoms with E-state index in [0.29, 0.717) is 0 Å². The molecule has 0 radical (unpaired) electrons. The lowest BCUT2D eigenvalue weighted by molar-refractivity contribution is -0.119. The Kier molecular flexibility index (Phi) is 6.72. The maximum atomic E-state index is 13.7. The van der Waals surface area contributed by atoms with Gasteiger partial charge in [0.25, 0.3) is 5.91 Å². The van der Waals surface area contributed by atoms with Gasteiger partial charge in [0.15, 0.2) is 18.2 Å². The van der Waals surface area contributed by atoms with E-state index in [9.17, 15) is 14.0 Å². The molecule has 2 aromatic rings. The van der Waals surface area contributed by atoms with Crippen LogP contribution in [0.25, 0.3) is 0 Å². The number of hydrogen-bond acceptors (Lipinski definition) is 4. The average Bonchev–Trinajstić information content (AvgIpc) is 2.66. The maximum absolute atomic E-state index is 13.7. The highest BCUT2D eigenvalue weighted by molar-refractivity contribution is 5.96. The summed E-state index contributed by atoms with van der Waals surface area (Å²) in [6.45, 7) is 3.55. The van der Waals surface area contributed by atoms with Gasteiger partial charge in [-0.15, -0.1) is 0 Å². The summed E-state index contributed by atoms with van der Waals surface area (Å²) >= 11 is 0. The number of ether oxygens (including phenoxy) is 2. The minimum absolute atomic E-state index is 0.0132. The van der Waals surface area contributed by atoms with Crippen LogP contribution in [0.5, 0.6) is 5.75 Å². The monoisotopic (exact) mass is 359 g/mol. The third kappa shape index (κ3) is 4.59. The molecule has 0 aromatic heterocycles. The van der Waals surface area contributed by atoms with Crippen LogP contribution in [-0.2, 0) is 22.4 Å². The molecule has 0 aliphatic carbocycles. The highest BCUT2D eigenvalue weighted by Crippen LogP contribution is 2.22. The number of benzene rings is 2. The summed E-state index contributed by atoms with van der Waals surface area (Å²) in [5.74, 6) is -1.86. The Balaban J connectivity index is 2.01. The lowest BCUT2D eigenvalue weighted by Crippen LogP contribution is -2.22. The minimum atomic E-state index is -0.777. The molecule has 138 valence electrons. The van der Waals surface area contributed by atoms with Crippen molar-refractivity contribution >= 4 is 17.6 Å². The van der Waals surface area contributed by atoms with E-state index in [0.717, 1.165) is 35.7 Å². The van der Waals surface area contributed by atoms with Gasteiger partial charge in [-0.2, -0.15) is 0 Å². The number of halogens is 1. The average molecular weight is 359 g/mol. The summed E-state index contributed by atoms with van der Waals surface area (Å²) in [6, 6.07) is 9.56. The van der Waals surface area contributed by atoms with Crippen LogP contribution in [0.4, 0.5) is 10.1 Å². The van der Waals surface area contributed by atoms with Gasteiger partial charge >= 0.3 is 5.97 Å². The predicted molar refractivity (Wildman–Crippen MR) is 97.1 cm³/mol. The first kappa shape index (κ1) is 19.4. The van der Waals surface area contributed by atoms with E-state index in [1.807, 2.05) is 32.0 Å². The lowest BCUT2D eigenvalue weighted by Gasteiger charge is -2.14. The number of carbonyl (C=O) groups excluding carboxylic acids is 2. The zero-order chi connectivity index (χ0) is 19.1. The molecule has 0 atom stereocenters. The molecule has 2 rings (SSSR count). The first-order valence-electron chi connectivity index (χ1n) is 8.41. The lowest BCUT2D eigenvalue weighted by atomic mass is 10.0. The highest BCUT2D eigenvalue weighted by atomic mass is 19.1. The molecule has 0 bridgehead atoms. The number of esters is 1. The van der Waals surface area contributed by atoms with Crippen LogP contribution in [0.1, 0.15) is 35.3 Å². The highest BCUT2D eigenvalue weighted by Gasteiger charge is 2.15. The summed E-state index contributed by atoms with van der Waals surface area (Å²) in [5.41, 5.74) is 2.80. The first-order chi connectivity index (χ1) is 12.5. The van der Waals surface area contributed by atoms with Crippen LogP contribution in [0, 0.1) is 5.82 Å². The van der Waals surface area contributed by atoms with Crippen LogP contribution in [-0.4, -0.2) is 25.6 Å². The van der Waals surface area contributed by atoms with Crippen LogP contribution >= 0.6 is 0 Å². The molecule has 26 heavy (non-hydrogen) atoms. The smallest absolute Gasteiger partial charge is 0.338 e. The molecule has 6 heteroatoms. The first-order valence-corrected chi connectivity index (χ1v) is 8.41. The molecule has 0 spiro atoms. The number of anilines is 1. The molecule has 1 amide bonds. The molecule has 2 aromatic carbocycles. The van der Waals surface area contributed by atoms with Crippen LogP contribution in [0.3, 0.4) is 0 Å². The van der Waals surface area contributed by atoms with Crippen molar-refractivity contribution in [3.8, 4) is 5.75 Å². The van der Waals surface area contributed by atoms with Gasteiger partial charge < -0.3 is 14.8 Å². The molecule has 1 N–H and O–H groups in total. The number of para-hydroxylation sites is 1. The van der Waals surface area contributed by atoms with Gasteiger partial charge in [0.2, 0.25) is 0 Å². The standard InChI is InChI=1S/C20H22FNO4/c1-4-13-7-6-8-14(5-2)19(13)22-18(23)12-26-20(24)15-9-10-17(25-3)16(21)11-15/h6-11H,4-5,12H2,1-3H3,(H,22,23). The van der Waals surface area contributed by atoms with Crippen LogP contribution in [0.2, 0.25) is 0 Å². The van der Waals surface area contributed by atoms with Gasteiger partial charge in [0, 0.05) is 5.69 Å². The SMILES string of the molecule is CCc1cccc(CC)c1NC(=O)COC(=O)c1ccc(OC)c(F)c1. The second-order valence-electron chi connectivity index (χ2n) is 5.63. The zero-order valence-electron chi connectivity index (χ0n) is 15.1. The van der Waals surface area contributed by atoms with Gasteiger partial charge in [-0.3, -0.25) is 4.79 Å². The van der Waals surface area contributed by atoms with Gasteiger partial charge in [-0.25, -0.2) is 9.18 Å². The van der Waals surface area contributed by atoms with Crippen molar-refractivity contribution in [3.63, 3.8) is 0 Å². The van der Waals surface area contributed by atoms with E-state index in [2.05, 4.69) is 5.32 Å². The fourth-order valence-electron chi connectivity index (χ4n) is 2.59. The van der Waals surface area contributed by atoms with Crippen molar-refractivity contribution in [2.45, 2.75) is 26.7 Å². The van der Waals surface area contributed by atoms with Gasteiger partial charge in [0.1, 0.15) is 0 Å². The second-order valence-corrected chi connectivity index (χ2v) is 5.63. The number of rotatable bonds is 7. The fourth-order valence-corrected chi connectivity index (χ4v) is 2.59. The van der Waals surface area contributed by atoms with Crippen molar-refractivity contribution in [1.29, 1.82) is 0 Å². The molecule has 0 heterocycles. The topological polar surface area (TPSA) is 64.6 Å². The normalized spacial score (nSPS) is 10.3. The molecule has 5 nitrogen and oxygen atoms in total. The number of carbonyl (C=O) groups is 2. The Bertz CT molecular complexity index is 782. The van der Waals surface area contributed by atoms with Gasteiger partial charge in [0.05, 0.1) is 12.7 Å². The second kappa shape index (κ2) is 8.99. The Morgan fingerprint density at radius 1 is 1.08 bits per heavy atom. The van der Waals surface area contributed by atoms with Gasteiger partial charge in [-0.1, -0.05) is 32.0 Å². The number of hydrogen-bond donors (Lipinski definition) is 1. The van der Waals surface area contributed by atoms with Crippen LogP contribution in [0.15, 0.2) is 36.4 Å². The molecule has 0 aliphatic rings. The van der Waals surface area contributed by atoms with E-state index in [1.165, 1.54) is 19.2 Å². The summed E-state index contributed by atoms with van der Waals surface area (Å²) < 4.78 is 23.4. The number of aryl methyl sites for hydroxylation is 2. The quantitative estimate of drug-likeness (QED) is 0.765. The van der Waals surface area contributed by atoms with E-state index in [-0.39, 0.29) is 11.3 Å². The Morgan fingerprint density at radius 3 is 2.27 bits per heavy atom. The summed E-state index contributed by atoms with van der Waals surface area (Å²) in [4.78, 5) is 24.2. The minimum Gasteiger partial charge on any atom is -0.494 e. The predicted octanol–water partition coefficient (Wildman–Crippen LogP) is 3.75. The van der Waals surface area contributed by atoms with Crippen molar-refractivity contribution in [1.82, 2.24) is 0 Å². The van der Waals surface area contributed by atoms with E-state index in [1.54, 1.807) is 0 Å². The van der Waals surface area contributed by atoms with E-state index < -0.39 is 24.3 Å². The molecular formula is C20H22FNO4. The largest absolute Gasteiger partial charge is 0.494 e. The Hall–Kier alpha value is -2.89. The molecule has 0 saturated heterocycles. The summed E-state index contributed by atoms with van der Waals surface area (Å²) in [5, 5.41) is 2.81. The third-order valence-corrected chi connectivity index (χ3v) is 3.99. The molecule has 0 fully saturated rings. The number of methoxy groups -OCH3 is 1. The van der Waals surface area contributed by atoms with E-state index >= 15 is 0 Å². The Labute approximate surface area is 152 Å². The zero-order valence-corrected chi connectivity index (χ0v) is 15.1. The van der Waals surface area contributed by atoms with Crippen LogP contribution < -0.4 is 10.1 Å². The molecule has 0 aliphatic heterocycles. The number of amides is 1. The molecule has 0 saturated carbocycles. The summed E-state index contributed by atoms with van der Waals surface area (Å²) in [7, 11) is 1.33. The van der Waals surface area contributed by atoms with Crippen molar-refractivity contribution < 1.29 is 23.5 Å². The van der Waals surface area contributed by atoms with Gasteiger partial charge in [-0.05, 0) is 42.2 Å². The third-order valence-electron chi connectivity index (χ3n) is 3.99. The van der Waals surface area contributed by atoms with Crippen molar-refractivity contribution in [2.24, 2.45) is 0 Å². The molecule has 0 unspecified atom stereocenters. The van der Waals surface area contributed by atoms with Crippen molar-refractivity contribution in [3.05, 3.63) is 58.9 Å². The maximum Gasteiger partial charge on any atom is 0.338 e. The summed E-state index contributed by atoms with van der Waals surface area (Å²) in [6.07, 6.45) is 1.54. The van der Waals surface area contributed by atoms with Crippen molar-refractivity contribution in [2.75, 3.05) is 19.0 Å². The number of nitrogens with one attached hydrogen (secondary N) is 1. The van der Waals surface area contributed by atoms with E-state index in [4.69, 9.17) is 9.47 Å². The Morgan fingerprint density at radius 2 is 1.73 bits per heavy atom. The fraction of sp³-hybridized carbons (Fsp3) is 0.300. The molecular weight excluding hydrogens is 337 g/mol.